The lowest BCUT2D eigenvalue weighted by Crippen LogP contribution is -2.22. The smallest absolute Gasteiger partial charge is 0.309 e. The molecule has 6 heteroatoms. The van der Waals surface area contributed by atoms with Crippen molar-refractivity contribution in [3.05, 3.63) is 64.3 Å². The summed E-state index contributed by atoms with van der Waals surface area (Å²) in [5, 5.41) is 11.0. The molecule has 5 nitrogen and oxygen atoms in total. The summed E-state index contributed by atoms with van der Waals surface area (Å²) in [7, 11) is 1.31. The van der Waals surface area contributed by atoms with Gasteiger partial charge in [0.05, 0.1) is 18.6 Å². The van der Waals surface area contributed by atoms with Crippen LogP contribution in [-0.4, -0.2) is 29.0 Å². The maximum Gasteiger partial charge on any atom is 0.309 e. The molecule has 134 valence electrons. The number of H-pyrrole nitrogens is 1. The number of ketones is 1. The molecule has 0 fully saturated rings. The molecular formula is C20H18BrNO4. The molecule has 0 aliphatic rings. The predicted octanol–water partition coefficient (Wildman–Crippen LogP) is 4.24. The normalized spacial score (nSPS) is 12.1. The van der Waals surface area contributed by atoms with Gasteiger partial charge in [0.1, 0.15) is 5.75 Å². The highest BCUT2D eigenvalue weighted by Crippen LogP contribution is 2.27. The number of benzene rings is 2. The Kier molecular flexibility index (Phi) is 5.42. The third kappa shape index (κ3) is 3.80. The molecule has 0 saturated heterocycles. The Morgan fingerprint density at radius 1 is 1.23 bits per heavy atom. The molecule has 3 aromatic rings. The van der Waals surface area contributed by atoms with Gasteiger partial charge in [-0.3, -0.25) is 9.59 Å². The van der Waals surface area contributed by atoms with Crippen molar-refractivity contribution in [2.75, 3.05) is 7.11 Å². The maximum absolute atomic E-state index is 12.6. The molecule has 0 saturated carbocycles. The largest absolute Gasteiger partial charge is 0.507 e. The molecule has 1 heterocycles. The molecule has 1 atom stereocenters. The van der Waals surface area contributed by atoms with Gasteiger partial charge in [-0.15, -0.1) is 0 Å². The molecule has 0 aliphatic heterocycles. The number of fused-ring (bicyclic) bond motifs is 1. The van der Waals surface area contributed by atoms with Crippen molar-refractivity contribution in [2.45, 2.75) is 12.8 Å². The SMILES string of the molecule is COC(=O)[C@@H](CC(=O)c1ccc(Br)cc1O)Cc1c[nH]c2ccccc12. The number of methoxy groups -OCH3 is 1. The third-order valence-electron chi connectivity index (χ3n) is 4.37. The summed E-state index contributed by atoms with van der Waals surface area (Å²) in [6.07, 6.45) is 2.18. The average Bonchev–Trinajstić information content (AvgIpc) is 3.03. The van der Waals surface area contributed by atoms with Gasteiger partial charge in [0.15, 0.2) is 5.78 Å². The van der Waals surface area contributed by atoms with Crippen molar-refractivity contribution in [3.8, 4) is 5.75 Å². The van der Waals surface area contributed by atoms with E-state index in [-0.39, 0.29) is 23.5 Å². The van der Waals surface area contributed by atoms with E-state index in [4.69, 9.17) is 4.74 Å². The van der Waals surface area contributed by atoms with Gasteiger partial charge < -0.3 is 14.8 Å². The van der Waals surface area contributed by atoms with Crippen molar-refractivity contribution in [1.82, 2.24) is 4.98 Å². The molecule has 1 aromatic heterocycles. The first-order chi connectivity index (χ1) is 12.5. The fraction of sp³-hybridized carbons (Fsp3) is 0.200. The van der Waals surface area contributed by atoms with Gasteiger partial charge in [0.2, 0.25) is 0 Å². The number of phenolic OH excluding ortho intramolecular Hbond substituents is 1. The van der Waals surface area contributed by atoms with Crippen LogP contribution >= 0.6 is 15.9 Å². The van der Waals surface area contributed by atoms with Crippen molar-refractivity contribution in [1.29, 1.82) is 0 Å². The second-order valence-electron chi connectivity index (χ2n) is 6.07. The molecule has 0 radical (unpaired) electrons. The first-order valence-corrected chi connectivity index (χ1v) is 8.93. The number of carbonyl (C=O) groups excluding carboxylic acids is 2. The average molecular weight is 416 g/mol. The zero-order valence-electron chi connectivity index (χ0n) is 14.2. The molecule has 2 aromatic carbocycles. The van der Waals surface area contributed by atoms with Gasteiger partial charge in [-0.2, -0.15) is 0 Å². The van der Waals surface area contributed by atoms with Gasteiger partial charge >= 0.3 is 5.97 Å². The summed E-state index contributed by atoms with van der Waals surface area (Å²) in [5.41, 5.74) is 2.12. The Labute approximate surface area is 159 Å². The van der Waals surface area contributed by atoms with Crippen LogP contribution < -0.4 is 0 Å². The minimum Gasteiger partial charge on any atom is -0.507 e. The molecule has 0 bridgehead atoms. The van der Waals surface area contributed by atoms with Crippen molar-refractivity contribution < 1.29 is 19.4 Å². The summed E-state index contributed by atoms with van der Waals surface area (Å²) in [5.74, 6) is -1.49. The van der Waals surface area contributed by atoms with E-state index >= 15 is 0 Å². The van der Waals surface area contributed by atoms with Crippen LogP contribution in [-0.2, 0) is 16.0 Å². The molecule has 0 amide bonds. The number of halogens is 1. The van der Waals surface area contributed by atoms with Gasteiger partial charge in [0, 0.05) is 28.0 Å². The van der Waals surface area contributed by atoms with E-state index in [0.717, 1.165) is 16.5 Å². The number of nitrogens with one attached hydrogen (secondary N) is 1. The van der Waals surface area contributed by atoms with E-state index in [1.165, 1.54) is 13.2 Å². The topological polar surface area (TPSA) is 79.4 Å². The minimum atomic E-state index is -0.630. The summed E-state index contributed by atoms with van der Waals surface area (Å²) in [6.45, 7) is 0. The fourth-order valence-corrected chi connectivity index (χ4v) is 3.39. The van der Waals surface area contributed by atoms with Crippen LogP contribution in [0.2, 0.25) is 0 Å². The molecule has 0 unspecified atom stereocenters. The van der Waals surface area contributed by atoms with Crippen LogP contribution in [0.1, 0.15) is 22.3 Å². The monoisotopic (exact) mass is 415 g/mol. The number of para-hydroxylation sites is 1. The van der Waals surface area contributed by atoms with Crippen LogP contribution in [0.4, 0.5) is 0 Å². The number of Topliss-reactive ketones (excluding diaryl/α,β-unsaturated/α-hetero) is 1. The number of ether oxygens (including phenoxy) is 1. The quantitative estimate of drug-likeness (QED) is 0.466. The second kappa shape index (κ2) is 7.74. The number of hydrogen-bond donors (Lipinski definition) is 2. The van der Waals surface area contributed by atoms with E-state index in [0.29, 0.717) is 10.9 Å². The van der Waals surface area contributed by atoms with Gasteiger partial charge in [-0.25, -0.2) is 0 Å². The highest BCUT2D eigenvalue weighted by Gasteiger charge is 2.26. The van der Waals surface area contributed by atoms with E-state index in [1.54, 1.807) is 12.1 Å². The molecule has 0 aliphatic carbocycles. The fourth-order valence-electron chi connectivity index (χ4n) is 3.05. The molecule has 2 N–H and O–H groups in total. The standard InChI is InChI=1S/C20H18BrNO4/c1-26-20(25)12(8-13-11-22-17-5-3-2-4-15(13)17)9-18(23)16-7-6-14(21)10-19(16)24/h2-7,10-12,22,24H,8-9H2,1H3/t12-/m1/s1. The van der Waals surface area contributed by atoms with Crippen LogP contribution in [0.5, 0.6) is 5.75 Å². The Balaban J connectivity index is 1.84. The Hall–Kier alpha value is -2.60. The third-order valence-corrected chi connectivity index (χ3v) is 4.86. The Bertz CT molecular complexity index is 963. The summed E-state index contributed by atoms with van der Waals surface area (Å²) >= 11 is 3.24. The molecular weight excluding hydrogens is 398 g/mol. The lowest BCUT2D eigenvalue weighted by Gasteiger charge is -2.14. The van der Waals surface area contributed by atoms with E-state index in [1.807, 2.05) is 30.5 Å². The first-order valence-electron chi connectivity index (χ1n) is 8.14. The molecule has 0 spiro atoms. The number of aromatic hydroxyl groups is 1. The molecule has 26 heavy (non-hydrogen) atoms. The number of aromatic amines is 1. The van der Waals surface area contributed by atoms with Gasteiger partial charge in [-0.05, 0) is 36.2 Å². The van der Waals surface area contributed by atoms with E-state index in [2.05, 4.69) is 20.9 Å². The summed E-state index contributed by atoms with van der Waals surface area (Å²) in [4.78, 5) is 28.0. The summed E-state index contributed by atoms with van der Waals surface area (Å²) < 4.78 is 5.56. The van der Waals surface area contributed by atoms with Crippen molar-refractivity contribution in [3.63, 3.8) is 0 Å². The number of rotatable bonds is 6. The Morgan fingerprint density at radius 3 is 2.73 bits per heavy atom. The van der Waals surface area contributed by atoms with Crippen molar-refractivity contribution in [2.24, 2.45) is 5.92 Å². The Morgan fingerprint density at radius 2 is 2.00 bits per heavy atom. The zero-order chi connectivity index (χ0) is 18.7. The second-order valence-corrected chi connectivity index (χ2v) is 6.99. The number of esters is 1. The highest BCUT2D eigenvalue weighted by molar-refractivity contribution is 9.10. The van der Waals surface area contributed by atoms with Crippen LogP contribution in [0.15, 0.2) is 53.1 Å². The van der Waals surface area contributed by atoms with Gasteiger partial charge in [0.25, 0.3) is 0 Å². The highest BCUT2D eigenvalue weighted by atomic mass is 79.9. The number of phenols is 1. The lowest BCUT2D eigenvalue weighted by atomic mass is 9.91. The van der Waals surface area contributed by atoms with Crippen LogP contribution in [0, 0.1) is 5.92 Å². The molecule has 3 rings (SSSR count). The number of aromatic nitrogens is 1. The van der Waals surface area contributed by atoms with E-state index in [9.17, 15) is 14.7 Å². The van der Waals surface area contributed by atoms with Crippen LogP contribution in [0.3, 0.4) is 0 Å². The maximum atomic E-state index is 12.6. The van der Waals surface area contributed by atoms with E-state index < -0.39 is 11.9 Å². The predicted molar refractivity (Wildman–Crippen MR) is 102 cm³/mol. The van der Waals surface area contributed by atoms with Crippen LogP contribution in [0.25, 0.3) is 10.9 Å². The zero-order valence-corrected chi connectivity index (χ0v) is 15.7. The number of carbonyl (C=O) groups is 2. The van der Waals surface area contributed by atoms with Gasteiger partial charge in [-0.1, -0.05) is 34.1 Å². The lowest BCUT2D eigenvalue weighted by molar-refractivity contribution is -0.145. The minimum absolute atomic E-state index is 0.0403. The summed E-state index contributed by atoms with van der Waals surface area (Å²) in [6, 6.07) is 12.5. The van der Waals surface area contributed by atoms with Crippen molar-refractivity contribution >= 4 is 38.6 Å². The first kappa shape index (κ1) is 18.2. The number of hydrogen-bond acceptors (Lipinski definition) is 4.